The molecule has 5 N–H and O–H groups in total. The second-order valence-corrected chi connectivity index (χ2v) is 5.84. The Morgan fingerprint density at radius 3 is 2.65 bits per heavy atom. The predicted octanol–water partition coefficient (Wildman–Crippen LogP) is 1.58. The summed E-state index contributed by atoms with van der Waals surface area (Å²) in [6.45, 7) is 2.53. The van der Waals surface area contributed by atoms with Crippen molar-refractivity contribution in [3.8, 4) is 5.75 Å². The first-order chi connectivity index (χ1) is 12.6. The summed E-state index contributed by atoms with van der Waals surface area (Å²) in [6, 6.07) is 14.7. The molecule has 0 saturated carbocycles. The van der Waals surface area contributed by atoms with Crippen LogP contribution >= 0.6 is 0 Å². The molecule has 8 nitrogen and oxygen atoms in total. The zero-order valence-electron chi connectivity index (χ0n) is 14.1. The van der Waals surface area contributed by atoms with Crippen LogP contribution in [-0.4, -0.2) is 24.4 Å². The largest absolute Gasteiger partial charge is 0.494 e. The maximum atomic E-state index is 12.6. The van der Waals surface area contributed by atoms with Crippen LogP contribution in [0.4, 0.5) is 11.4 Å². The molecule has 2 aromatic rings. The van der Waals surface area contributed by atoms with Gasteiger partial charge in [0.2, 0.25) is 5.96 Å². The lowest BCUT2D eigenvalue weighted by Crippen LogP contribution is -2.49. The van der Waals surface area contributed by atoms with Gasteiger partial charge in [0.1, 0.15) is 5.75 Å². The number of aliphatic imine (C=N–C) groups is 2. The third kappa shape index (κ3) is 2.61. The highest BCUT2D eigenvalue weighted by molar-refractivity contribution is 6.13. The number of hydrogen-bond donors (Lipinski definition) is 4. The third-order valence-electron chi connectivity index (χ3n) is 4.10. The summed E-state index contributed by atoms with van der Waals surface area (Å²) in [5.41, 5.74) is 6.64. The number of hydrogen-bond acceptors (Lipinski definition) is 7. The number of ether oxygens (including phenoxy) is 1. The zero-order valence-corrected chi connectivity index (χ0v) is 14.1. The number of carbonyl (C=O) groups excluding carboxylic acids is 1. The SMILES string of the molecule is CCOc1ccc(NC2=N[C@]3(N=C(N)N2)C(=O)Nc2ccccc23)cc1. The van der Waals surface area contributed by atoms with Crippen molar-refractivity contribution in [2.45, 2.75) is 12.6 Å². The molecule has 2 aromatic carbocycles. The second kappa shape index (κ2) is 6.07. The van der Waals surface area contributed by atoms with Crippen molar-refractivity contribution in [2.75, 3.05) is 17.2 Å². The monoisotopic (exact) mass is 350 g/mol. The Morgan fingerprint density at radius 1 is 1.12 bits per heavy atom. The van der Waals surface area contributed by atoms with Gasteiger partial charge in [-0.2, -0.15) is 0 Å². The van der Waals surface area contributed by atoms with Crippen LogP contribution in [0.3, 0.4) is 0 Å². The van der Waals surface area contributed by atoms with Gasteiger partial charge < -0.3 is 21.1 Å². The molecule has 2 aliphatic heterocycles. The first-order valence-corrected chi connectivity index (χ1v) is 8.24. The Labute approximate surface area is 150 Å². The number of nitrogens with zero attached hydrogens (tertiary/aromatic N) is 2. The van der Waals surface area contributed by atoms with Gasteiger partial charge in [0.25, 0.3) is 11.6 Å². The summed E-state index contributed by atoms with van der Waals surface area (Å²) in [7, 11) is 0. The highest BCUT2D eigenvalue weighted by Crippen LogP contribution is 2.40. The van der Waals surface area contributed by atoms with Crippen molar-refractivity contribution in [1.82, 2.24) is 5.32 Å². The molecule has 0 aliphatic carbocycles. The Kier molecular flexibility index (Phi) is 3.72. The molecule has 0 fully saturated rings. The molecule has 8 heteroatoms. The summed E-state index contributed by atoms with van der Waals surface area (Å²) in [4.78, 5) is 21.4. The van der Waals surface area contributed by atoms with Crippen LogP contribution in [0.25, 0.3) is 0 Å². The fourth-order valence-electron chi connectivity index (χ4n) is 2.99. The number of anilines is 2. The van der Waals surface area contributed by atoms with Gasteiger partial charge in [-0.25, -0.2) is 9.98 Å². The molecule has 26 heavy (non-hydrogen) atoms. The number of nitrogens with two attached hydrogens (primary N) is 1. The molecule has 0 bridgehead atoms. The normalized spacial score (nSPS) is 20.6. The van der Waals surface area contributed by atoms with E-state index in [4.69, 9.17) is 10.5 Å². The van der Waals surface area contributed by atoms with Crippen molar-refractivity contribution >= 4 is 29.2 Å². The Morgan fingerprint density at radius 2 is 1.88 bits per heavy atom. The lowest BCUT2D eigenvalue weighted by molar-refractivity contribution is -0.120. The van der Waals surface area contributed by atoms with Gasteiger partial charge in [0, 0.05) is 16.9 Å². The molecule has 0 radical (unpaired) electrons. The molecular formula is C18H18N6O2. The quantitative estimate of drug-likeness (QED) is 0.671. The molecule has 0 unspecified atom stereocenters. The lowest BCUT2D eigenvalue weighted by atomic mass is 10.0. The number of carbonyl (C=O) groups is 1. The Hall–Kier alpha value is -3.55. The minimum Gasteiger partial charge on any atom is -0.494 e. The van der Waals surface area contributed by atoms with Crippen molar-refractivity contribution in [2.24, 2.45) is 15.7 Å². The van der Waals surface area contributed by atoms with Crippen molar-refractivity contribution in [1.29, 1.82) is 0 Å². The number of fused-ring (bicyclic) bond motifs is 2. The fourth-order valence-corrected chi connectivity index (χ4v) is 2.99. The van der Waals surface area contributed by atoms with Gasteiger partial charge in [0.15, 0.2) is 5.96 Å². The van der Waals surface area contributed by atoms with E-state index in [-0.39, 0.29) is 11.9 Å². The number of amides is 1. The number of para-hydroxylation sites is 1. The van der Waals surface area contributed by atoms with Crippen molar-refractivity contribution in [3.63, 3.8) is 0 Å². The van der Waals surface area contributed by atoms with Crippen LogP contribution in [0.1, 0.15) is 12.5 Å². The average molecular weight is 350 g/mol. The van der Waals surface area contributed by atoms with E-state index in [2.05, 4.69) is 25.9 Å². The maximum absolute atomic E-state index is 12.6. The number of benzene rings is 2. The van der Waals surface area contributed by atoms with Crippen LogP contribution in [0, 0.1) is 0 Å². The number of nitrogens with one attached hydrogen (secondary N) is 3. The van der Waals surface area contributed by atoms with E-state index < -0.39 is 5.66 Å². The predicted molar refractivity (Wildman–Crippen MR) is 100 cm³/mol. The number of rotatable bonds is 3. The van der Waals surface area contributed by atoms with E-state index >= 15 is 0 Å². The first kappa shape index (κ1) is 15.9. The van der Waals surface area contributed by atoms with E-state index in [9.17, 15) is 4.79 Å². The van der Waals surface area contributed by atoms with Crippen LogP contribution in [-0.2, 0) is 10.5 Å². The molecule has 2 heterocycles. The van der Waals surface area contributed by atoms with Crippen molar-refractivity contribution in [3.05, 3.63) is 54.1 Å². The first-order valence-electron chi connectivity index (χ1n) is 8.24. The fraction of sp³-hybridized carbons (Fsp3) is 0.167. The minimum atomic E-state index is -1.42. The van der Waals surface area contributed by atoms with E-state index in [1.807, 2.05) is 55.5 Å². The second-order valence-electron chi connectivity index (χ2n) is 5.84. The molecule has 2 aliphatic rings. The number of guanidine groups is 2. The molecule has 1 atom stereocenters. The molecule has 1 amide bonds. The highest BCUT2D eigenvalue weighted by Gasteiger charge is 2.49. The Balaban J connectivity index is 1.67. The van der Waals surface area contributed by atoms with Gasteiger partial charge in [-0.05, 0) is 37.3 Å². The minimum absolute atomic E-state index is 0.111. The smallest absolute Gasteiger partial charge is 0.280 e. The van der Waals surface area contributed by atoms with Crippen LogP contribution in [0.15, 0.2) is 58.5 Å². The summed E-state index contributed by atoms with van der Waals surface area (Å²) in [5, 5.41) is 8.79. The van der Waals surface area contributed by atoms with E-state index in [0.717, 1.165) is 11.4 Å². The average Bonchev–Trinajstić information content (AvgIpc) is 2.88. The van der Waals surface area contributed by atoms with Crippen LogP contribution < -0.4 is 26.4 Å². The van der Waals surface area contributed by atoms with Crippen LogP contribution in [0.5, 0.6) is 5.75 Å². The maximum Gasteiger partial charge on any atom is 0.280 e. The van der Waals surface area contributed by atoms with Gasteiger partial charge >= 0.3 is 0 Å². The van der Waals surface area contributed by atoms with Gasteiger partial charge in [0.05, 0.1) is 6.61 Å². The van der Waals surface area contributed by atoms with E-state index in [1.54, 1.807) is 0 Å². The molecule has 1 spiro atoms. The summed E-state index contributed by atoms with van der Waals surface area (Å²) in [5.74, 6) is 0.890. The van der Waals surface area contributed by atoms with Gasteiger partial charge in [-0.1, -0.05) is 18.2 Å². The summed E-state index contributed by atoms with van der Waals surface area (Å²) in [6.07, 6.45) is 0. The molecule has 0 aromatic heterocycles. The molecular weight excluding hydrogens is 332 g/mol. The van der Waals surface area contributed by atoms with E-state index in [0.29, 0.717) is 23.8 Å². The third-order valence-corrected chi connectivity index (χ3v) is 4.10. The summed E-state index contributed by atoms with van der Waals surface area (Å²) >= 11 is 0. The van der Waals surface area contributed by atoms with Crippen molar-refractivity contribution < 1.29 is 9.53 Å². The molecule has 132 valence electrons. The van der Waals surface area contributed by atoms with E-state index in [1.165, 1.54) is 0 Å². The zero-order chi connectivity index (χ0) is 18.1. The molecule has 0 saturated heterocycles. The van der Waals surface area contributed by atoms with Gasteiger partial charge in [-0.15, -0.1) is 0 Å². The standard InChI is InChI=1S/C18H18N6O2/c1-2-26-12-9-7-11(8-10-12)20-17-22-16(19)23-18(24-17)13-5-3-4-6-14(13)21-15(18)25/h3-10H,2H2,1H3,(H,21,25)(H4,19,20,22,23,24)/t18-/m0/s1. The summed E-state index contributed by atoms with van der Waals surface area (Å²) < 4.78 is 5.43. The van der Waals surface area contributed by atoms with Gasteiger partial charge in [-0.3, -0.25) is 10.1 Å². The lowest BCUT2D eigenvalue weighted by Gasteiger charge is -2.26. The Bertz CT molecular complexity index is 922. The topological polar surface area (TPSA) is 113 Å². The highest BCUT2D eigenvalue weighted by atomic mass is 16.5. The van der Waals surface area contributed by atoms with Crippen LogP contribution in [0.2, 0.25) is 0 Å². The molecule has 4 rings (SSSR count).